The molecule has 2 N–H and O–H groups in total. The molecule has 0 saturated heterocycles. The number of aryl methyl sites for hydroxylation is 1. The Balaban J connectivity index is 3.13. The second-order valence-corrected chi connectivity index (χ2v) is 3.85. The van der Waals surface area contributed by atoms with E-state index in [1.165, 1.54) is 6.07 Å². The van der Waals surface area contributed by atoms with Gasteiger partial charge >= 0.3 is 12.3 Å². The van der Waals surface area contributed by atoms with E-state index in [9.17, 15) is 27.9 Å². The molecule has 0 aromatic heterocycles. The first-order valence-corrected chi connectivity index (χ1v) is 5.47. The van der Waals surface area contributed by atoms with Gasteiger partial charge in [0.1, 0.15) is 12.0 Å². The molecule has 20 heavy (non-hydrogen) atoms. The van der Waals surface area contributed by atoms with Gasteiger partial charge < -0.3 is 19.7 Å². The molecule has 110 valence electrons. The number of carboxylic acid groups (broad SMARTS) is 1. The van der Waals surface area contributed by atoms with Crippen LogP contribution in [0.4, 0.5) is 13.2 Å². The Hall–Kier alpha value is -2.09. The molecule has 1 unspecified atom stereocenters. The molecule has 0 aliphatic heterocycles. The summed E-state index contributed by atoms with van der Waals surface area (Å²) >= 11 is 0. The van der Waals surface area contributed by atoms with Gasteiger partial charge in [0.05, 0.1) is 0 Å². The zero-order valence-electron chi connectivity index (χ0n) is 10.1. The number of aliphatic hydroxyl groups is 1. The molecule has 0 spiro atoms. The second kappa shape index (κ2) is 6.38. The van der Waals surface area contributed by atoms with Crippen LogP contribution in [0.3, 0.4) is 0 Å². The number of rotatable bonds is 6. The van der Waals surface area contributed by atoms with Gasteiger partial charge in [-0.15, -0.1) is 13.2 Å². The van der Waals surface area contributed by atoms with E-state index in [1.807, 2.05) is 0 Å². The fourth-order valence-corrected chi connectivity index (χ4v) is 1.60. The van der Waals surface area contributed by atoms with E-state index >= 15 is 0 Å². The fourth-order valence-electron chi connectivity index (χ4n) is 1.60. The SMILES string of the molecule is O=CCCc1ccc(OC(F)(F)F)cc1C(O)C(=O)O. The lowest BCUT2D eigenvalue weighted by atomic mass is 9.98. The first-order chi connectivity index (χ1) is 9.24. The Kier molecular flexibility index (Phi) is 5.09. The summed E-state index contributed by atoms with van der Waals surface area (Å²) in [6, 6.07) is 2.98. The smallest absolute Gasteiger partial charge is 0.479 e. The molecule has 1 aromatic rings. The first kappa shape index (κ1) is 16.0. The molecular weight excluding hydrogens is 281 g/mol. The zero-order chi connectivity index (χ0) is 15.3. The maximum Gasteiger partial charge on any atom is 0.573 e. The van der Waals surface area contributed by atoms with E-state index in [0.717, 1.165) is 12.1 Å². The number of aliphatic hydroxyl groups excluding tert-OH is 1. The number of carbonyl (C=O) groups excluding carboxylic acids is 1. The molecular formula is C12H11F3O5. The van der Waals surface area contributed by atoms with Gasteiger partial charge in [-0.25, -0.2) is 4.79 Å². The summed E-state index contributed by atoms with van der Waals surface area (Å²) in [5, 5.41) is 18.2. The number of carboxylic acids is 1. The maximum atomic E-state index is 12.1. The number of aldehydes is 1. The number of hydrogen-bond donors (Lipinski definition) is 2. The summed E-state index contributed by atoms with van der Waals surface area (Å²) in [6.07, 6.45) is -6.17. The normalized spacial score (nSPS) is 12.8. The van der Waals surface area contributed by atoms with Crippen LogP contribution in [-0.4, -0.2) is 28.8 Å². The van der Waals surface area contributed by atoms with Crippen LogP contribution in [-0.2, 0) is 16.0 Å². The quantitative estimate of drug-likeness (QED) is 0.781. The van der Waals surface area contributed by atoms with E-state index in [0.29, 0.717) is 6.29 Å². The first-order valence-electron chi connectivity index (χ1n) is 5.47. The van der Waals surface area contributed by atoms with Crippen molar-refractivity contribution in [3.8, 4) is 5.75 Å². The van der Waals surface area contributed by atoms with E-state index in [-0.39, 0.29) is 24.0 Å². The molecule has 0 aliphatic carbocycles. The van der Waals surface area contributed by atoms with Crippen molar-refractivity contribution in [3.63, 3.8) is 0 Å². The van der Waals surface area contributed by atoms with Gasteiger partial charge in [-0.05, 0) is 29.7 Å². The van der Waals surface area contributed by atoms with Gasteiger partial charge in [0.25, 0.3) is 0 Å². The summed E-state index contributed by atoms with van der Waals surface area (Å²) < 4.78 is 39.9. The Bertz CT molecular complexity index is 498. The number of benzene rings is 1. The minimum absolute atomic E-state index is 0.0544. The van der Waals surface area contributed by atoms with Gasteiger partial charge in [-0.3, -0.25) is 0 Å². The molecule has 1 aromatic carbocycles. The molecule has 8 heteroatoms. The highest BCUT2D eigenvalue weighted by molar-refractivity contribution is 5.75. The Morgan fingerprint density at radius 3 is 2.55 bits per heavy atom. The number of halogens is 3. The third-order valence-electron chi connectivity index (χ3n) is 2.41. The third kappa shape index (κ3) is 4.54. The number of ether oxygens (including phenoxy) is 1. The van der Waals surface area contributed by atoms with Crippen molar-refractivity contribution in [2.45, 2.75) is 25.3 Å². The van der Waals surface area contributed by atoms with Crippen molar-refractivity contribution in [3.05, 3.63) is 29.3 Å². The van der Waals surface area contributed by atoms with Crippen LogP contribution in [0.25, 0.3) is 0 Å². The third-order valence-corrected chi connectivity index (χ3v) is 2.41. The van der Waals surface area contributed by atoms with Gasteiger partial charge in [-0.2, -0.15) is 0 Å². The molecule has 5 nitrogen and oxygen atoms in total. The standard InChI is InChI=1S/C12H11F3O5/c13-12(14,15)20-8-4-3-7(2-1-5-16)9(6-8)10(17)11(18)19/h3-6,10,17H,1-2H2,(H,18,19). The molecule has 1 atom stereocenters. The van der Waals surface area contributed by atoms with Gasteiger partial charge in [0.2, 0.25) is 0 Å². The minimum atomic E-state index is -4.92. The van der Waals surface area contributed by atoms with Crippen molar-refractivity contribution in [1.29, 1.82) is 0 Å². The average Bonchev–Trinajstić information content (AvgIpc) is 2.34. The van der Waals surface area contributed by atoms with E-state index < -0.39 is 24.2 Å². The highest BCUT2D eigenvalue weighted by Crippen LogP contribution is 2.28. The average molecular weight is 292 g/mol. The summed E-state index contributed by atoms with van der Waals surface area (Å²) in [4.78, 5) is 21.0. The molecule has 0 radical (unpaired) electrons. The van der Waals surface area contributed by atoms with Crippen LogP contribution in [0.2, 0.25) is 0 Å². The number of carbonyl (C=O) groups is 2. The number of alkyl halides is 3. The van der Waals surface area contributed by atoms with Crippen molar-refractivity contribution >= 4 is 12.3 Å². The largest absolute Gasteiger partial charge is 0.573 e. The highest BCUT2D eigenvalue weighted by Gasteiger charge is 2.32. The predicted octanol–water partition coefficient (Wildman–Crippen LogP) is 1.83. The maximum absolute atomic E-state index is 12.1. The van der Waals surface area contributed by atoms with Crippen LogP contribution in [0.5, 0.6) is 5.75 Å². The van der Waals surface area contributed by atoms with E-state index in [4.69, 9.17) is 5.11 Å². The fraction of sp³-hybridized carbons (Fsp3) is 0.333. The Morgan fingerprint density at radius 1 is 1.40 bits per heavy atom. The van der Waals surface area contributed by atoms with Crippen LogP contribution >= 0.6 is 0 Å². The summed E-state index contributed by atoms with van der Waals surface area (Å²) in [7, 11) is 0. The van der Waals surface area contributed by atoms with E-state index in [2.05, 4.69) is 4.74 Å². The molecule has 0 fully saturated rings. The molecule has 0 saturated carbocycles. The van der Waals surface area contributed by atoms with Crippen LogP contribution in [0.15, 0.2) is 18.2 Å². The summed E-state index contributed by atoms with van der Waals surface area (Å²) in [5.41, 5.74) is 0.0302. The topological polar surface area (TPSA) is 83.8 Å². The monoisotopic (exact) mass is 292 g/mol. The molecule has 0 heterocycles. The van der Waals surface area contributed by atoms with Crippen LogP contribution in [0.1, 0.15) is 23.7 Å². The van der Waals surface area contributed by atoms with E-state index in [1.54, 1.807) is 0 Å². The molecule has 0 amide bonds. The van der Waals surface area contributed by atoms with Crippen molar-refractivity contribution in [2.24, 2.45) is 0 Å². The van der Waals surface area contributed by atoms with Crippen LogP contribution in [0, 0.1) is 0 Å². The predicted molar refractivity (Wildman–Crippen MR) is 60.1 cm³/mol. The lowest BCUT2D eigenvalue weighted by Crippen LogP contribution is -2.18. The Labute approximate surface area is 111 Å². The lowest BCUT2D eigenvalue weighted by molar-refractivity contribution is -0.274. The highest BCUT2D eigenvalue weighted by atomic mass is 19.4. The number of aliphatic carboxylic acids is 1. The van der Waals surface area contributed by atoms with Gasteiger partial charge in [0.15, 0.2) is 6.10 Å². The van der Waals surface area contributed by atoms with Gasteiger partial charge in [-0.1, -0.05) is 6.07 Å². The lowest BCUT2D eigenvalue weighted by Gasteiger charge is -2.15. The molecule has 0 bridgehead atoms. The number of hydrogen-bond acceptors (Lipinski definition) is 4. The van der Waals surface area contributed by atoms with Crippen molar-refractivity contribution in [2.75, 3.05) is 0 Å². The Morgan fingerprint density at radius 2 is 2.05 bits per heavy atom. The van der Waals surface area contributed by atoms with Crippen molar-refractivity contribution in [1.82, 2.24) is 0 Å². The molecule has 1 rings (SSSR count). The van der Waals surface area contributed by atoms with Crippen molar-refractivity contribution < 1.29 is 37.7 Å². The summed E-state index contributed by atoms with van der Waals surface area (Å²) in [5.74, 6) is -2.25. The van der Waals surface area contributed by atoms with Gasteiger partial charge in [0, 0.05) is 6.42 Å². The minimum Gasteiger partial charge on any atom is -0.479 e. The van der Waals surface area contributed by atoms with Crippen LogP contribution < -0.4 is 4.74 Å². The zero-order valence-corrected chi connectivity index (χ0v) is 10.1. The molecule has 0 aliphatic rings. The summed E-state index contributed by atoms with van der Waals surface area (Å²) in [6.45, 7) is 0. The second-order valence-electron chi connectivity index (χ2n) is 3.85.